The number of rotatable bonds is 5. The fourth-order valence-corrected chi connectivity index (χ4v) is 3.14. The van der Waals surface area contributed by atoms with Crippen LogP contribution in [0.25, 0.3) is 5.69 Å². The van der Waals surface area contributed by atoms with Crippen LogP contribution in [0.2, 0.25) is 0 Å². The zero-order valence-electron chi connectivity index (χ0n) is 15.7. The zero-order valence-corrected chi connectivity index (χ0v) is 15.7. The third-order valence-corrected chi connectivity index (χ3v) is 4.54. The number of amides is 1. The highest BCUT2D eigenvalue weighted by Crippen LogP contribution is 2.31. The molecule has 0 fully saturated rings. The van der Waals surface area contributed by atoms with E-state index in [1.807, 2.05) is 30.3 Å². The lowest BCUT2D eigenvalue weighted by Crippen LogP contribution is -2.42. The first-order chi connectivity index (χ1) is 14.0. The van der Waals surface area contributed by atoms with Gasteiger partial charge in [-0.2, -0.15) is 5.10 Å². The van der Waals surface area contributed by atoms with Gasteiger partial charge < -0.3 is 19.5 Å². The Labute approximate surface area is 166 Å². The smallest absolute Gasteiger partial charge is 0.356 e. The van der Waals surface area contributed by atoms with Crippen LogP contribution in [0.1, 0.15) is 21.0 Å². The van der Waals surface area contributed by atoms with Gasteiger partial charge in [-0.3, -0.25) is 4.79 Å². The van der Waals surface area contributed by atoms with Gasteiger partial charge in [-0.15, -0.1) is 0 Å². The molecule has 3 aromatic rings. The van der Waals surface area contributed by atoms with E-state index < -0.39 is 5.97 Å². The van der Waals surface area contributed by atoms with Crippen LogP contribution in [0.5, 0.6) is 11.5 Å². The molecule has 4 rings (SSSR count). The topological polar surface area (TPSA) is 93.9 Å². The van der Waals surface area contributed by atoms with Crippen LogP contribution in [0.15, 0.2) is 60.7 Å². The molecule has 1 atom stereocenters. The van der Waals surface area contributed by atoms with E-state index in [9.17, 15) is 14.7 Å². The summed E-state index contributed by atoms with van der Waals surface area (Å²) >= 11 is 0. The van der Waals surface area contributed by atoms with Gasteiger partial charge >= 0.3 is 5.97 Å². The monoisotopic (exact) mass is 393 g/mol. The molecule has 2 heterocycles. The maximum Gasteiger partial charge on any atom is 0.356 e. The molecule has 1 N–H and O–H groups in total. The van der Waals surface area contributed by atoms with E-state index in [0.29, 0.717) is 23.8 Å². The molecule has 0 unspecified atom stereocenters. The molecule has 8 nitrogen and oxygen atoms in total. The number of hydrogen-bond acceptors (Lipinski definition) is 5. The number of aromatic carboxylic acids is 1. The Morgan fingerprint density at radius 2 is 1.83 bits per heavy atom. The number of carboxylic acid groups (broad SMARTS) is 1. The molecule has 29 heavy (non-hydrogen) atoms. The largest absolute Gasteiger partial charge is 0.486 e. The minimum absolute atomic E-state index is 0.160. The number of likely N-dealkylation sites (N-methyl/N-ethyl adjacent to an activating group) is 1. The number of carboxylic acids is 1. The number of hydrogen-bond donors (Lipinski definition) is 1. The summed E-state index contributed by atoms with van der Waals surface area (Å²) < 4.78 is 12.9. The zero-order chi connectivity index (χ0) is 20.4. The second-order valence-electron chi connectivity index (χ2n) is 6.65. The molecule has 0 spiro atoms. The van der Waals surface area contributed by atoms with Crippen LogP contribution in [-0.4, -0.2) is 58.0 Å². The molecular formula is C21H19N3O5. The van der Waals surface area contributed by atoms with Gasteiger partial charge in [0.05, 0.1) is 12.2 Å². The first-order valence-electron chi connectivity index (χ1n) is 9.05. The van der Waals surface area contributed by atoms with Gasteiger partial charge in [0.15, 0.2) is 23.3 Å². The Kier molecular flexibility index (Phi) is 4.90. The van der Waals surface area contributed by atoms with Gasteiger partial charge in [0.2, 0.25) is 0 Å². The highest BCUT2D eigenvalue weighted by Gasteiger charge is 2.27. The number of fused-ring (bicyclic) bond motifs is 1. The average molecular weight is 393 g/mol. The minimum Gasteiger partial charge on any atom is -0.486 e. The number of nitrogens with zero attached hydrogens (tertiary/aromatic N) is 3. The Hall–Kier alpha value is -3.81. The van der Waals surface area contributed by atoms with Gasteiger partial charge in [0, 0.05) is 13.1 Å². The van der Waals surface area contributed by atoms with Crippen LogP contribution in [0.3, 0.4) is 0 Å². The van der Waals surface area contributed by atoms with Crippen LogP contribution in [0.4, 0.5) is 0 Å². The van der Waals surface area contributed by atoms with E-state index >= 15 is 0 Å². The van der Waals surface area contributed by atoms with Gasteiger partial charge in [0.25, 0.3) is 5.91 Å². The summed E-state index contributed by atoms with van der Waals surface area (Å²) in [7, 11) is 1.63. The van der Waals surface area contributed by atoms with Gasteiger partial charge in [0.1, 0.15) is 12.3 Å². The molecule has 1 aromatic heterocycles. The van der Waals surface area contributed by atoms with Crippen molar-refractivity contribution in [3.05, 3.63) is 72.1 Å². The molecule has 0 radical (unpaired) electrons. The normalized spacial score (nSPS) is 15.0. The van der Waals surface area contributed by atoms with Crippen molar-refractivity contribution in [3.63, 3.8) is 0 Å². The number of aromatic nitrogens is 2. The maximum atomic E-state index is 13.1. The molecule has 0 aliphatic carbocycles. The quantitative estimate of drug-likeness (QED) is 0.716. The summed E-state index contributed by atoms with van der Waals surface area (Å²) in [6.45, 7) is 0.586. The molecule has 0 bridgehead atoms. The van der Waals surface area contributed by atoms with Crippen LogP contribution in [-0.2, 0) is 0 Å². The maximum absolute atomic E-state index is 13.1. The second kappa shape index (κ2) is 7.67. The first-order valence-corrected chi connectivity index (χ1v) is 9.05. The summed E-state index contributed by atoms with van der Waals surface area (Å²) in [6.07, 6.45) is -0.342. The van der Waals surface area contributed by atoms with Gasteiger partial charge in [-0.1, -0.05) is 30.3 Å². The number of ether oxygens (including phenoxy) is 2. The summed E-state index contributed by atoms with van der Waals surface area (Å²) in [5.41, 5.74) is 0.563. The highest BCUT2D eigenvalue weighted by molar-refractivity contribution is 5.96. The van der Waals surface area contributed by atoms with E-state index in [0.717, 1.165) is 0 Å². The summed E-state index contributed by atoms with van der Waals surface area (Å²) in [5, 5.41) is 13.4. The van der Waals surface area contributed by atoms with Crippen LogP contribution >= 0.6 is 0 Å². The molecule has 0 saturated carbocycles. The summed E-state index contributed by atoms with van der Waals surface area (Å²) in [4.78, 5) is 25.9. The average Bonchev–Trinajstić information content (AvgIpc) is 3.19. The Morgan fingerprint density at radius 3 is 2.55 bits per heavy atom. The van der Waals surface area contributed by atoms with E-state index in [4.69, 9.17) is 9.47 Å². The minimum atomic E-state index is -1.20. The first kappa shape index (κ1) is 18.5. The molecule has 0 saturated heterocycles. The van der Waals surface area contributed by atoms with Crippen molar-refractivity contribution in [1.82, 2.24) is 14.7 Å². The Morgan fingerprint density at radius 1 is 1.14 bits per heavy atom. The van der Waals surface area contributed by atoms with Crippen molar-refractivity contribution in [2.45, 2.75) is 6.10 Å². The van der Waals surface area contributed by atoms with Crippen molar-refractivity contribution < 1.29 is 24.2 Å². The third kappa shape index (κ3) is 3.77. The molecule has 2 aromatic carbocycles. The molecular weight excluding hydrogens is 374 g/mol. The van der Waals surface area contributed by atoms with Gasteiger partial charge in [-0.25, -0.2) is 9.48 Å². The number of carbonyl (C=O) groups excluding carboxylic acids is 1. The fourth-order valence-electron chi connectivity index (χ4n) is 3.14. The number of benzene rings is 2. The molecule has 8 heteroatoms. The van der Waals surface area contributed by atoms with Crippen LogP contribution < -0.4 is 9.47 Å². The summed E-state index contributed by atoms with van der Waals surface area (Å²) in [5.74, 6) is -0.258. The number of carbonyl (C=O) groups is 2. The van der Waals surface area contributed by atoms with Crippen molar-refractivity contribution >= 4 is 11.9 Å². The highest BCUT2D eigenvalue weighted by atomic mass is 16.6. The van der Waals surface area contributed by atoms with Gasteiger partial charge in [-0.05, 0) is 24.3 Å². The fraction of sp³-hybridized carbons (Fsp3) is 0.190. The van der Waals surface area contributed by atoms with E-state index in [1.165, 1.54) is 15.6 Å². The second-order valence-corrected chi connectivity index (χ2v) is 6.65. The predicted molar refractivity (Wildman–Crippen MR) is 104 cm³/mol. The van der Waals surface area contributed by atoms with E-state index in [1.54, 1.807) is 31.3 Å². The Bertz CT molecular complexity index is 1050. The lowest BCUT2D eigenvalue weighted by atomic mass is 10.2. The molecule has 1 aliphatic rings. The van der Waals surface area contributed by atoms with Crippen molar-refractivity contribution in [3.8, 4) is 17.2 Å². The lowest BCUT2D eigenvalue weighted by molar-refractivity contribution is 0.0515. The van der Waals surface area contributed by atoms with E-state index in [2.05, 4.69) is 5.10 Å². The predicted octanol–water partition coefficient (Wildman–Crippen LogP) is 2.48. The summed E-state index contributed by atoms with van der Waals surface area (Å²) in [6, 6.07) is 17.6. The van der Waals surface area contributed by atoms with Crippen LogP contribution in [0, 0.1) is 0 Å². The Balaban J connectivity index is 1.55. The van der Waals surface area contributed by atoms with E-state index in [-0.39, 0.29) is 29.9 Å². The van der Waals surface area contributed by atoms with Crippen molar-refractivity contribution in [2.75, 3.05) is 20.2 Å². The SMILES string of the molecule is CN(C[C@@H]1COc2ccccc2O1)C(=O)c1cc(C(=O)O)nn1-c1ccccc1. The third-order valence-electron chi connectivity index (χ3n) is 4.54. The van der Waals surface area contributed by atoms with Crippen molar-refractivity contribution in [1.29, 1.82) is 0 Å². The van der Waals surface area contributed by atoms with Crippen molar-refractivity contribution in [2.24, 2.45) is 0 Å². The molecule has 148 valence electrons. The standard InChI is InChI=1S/C21H19N3O5/c1-23(12-15-13-28-18-9-5-6-10-19(18)29-15)20(25)17-11-16(21(26)27)22-24(17)14-7-3-2-4-8-14/h2-11,15H,12-13H2,1H3,(H,26,27)/t15-/m1/s1. The molecule has 1 amide bonds. The molecule has 1 aliphatic heterocycles. The lowest BCUT2D eigenvalue weighted by Gasteiger charge is -2.29. The number of para-hydroxylation sites is 3.